The summed E-state index contributed by atoms with van der Waals surface area (Å²) >= 11 is 1.79. The van der Waals surface area contributed by atoms with Crippen LogP contribution in [0.1, 0.15) is 66.7 Å². The minimum Gasteiger partial charge on any atom is -0.253 e. The van der Waals surface area contributed by atoms with Gasteiger partial charge in [-0.3, -0.25) is 9.97 Å². The minimum atomic E-state index is -1.39. The Labute approximate surface area is 204 Å². The number of nitrogens with zero attached hydrogens (tertiary/aromatic N) is 2. The van der Waals surface area contributed by atoms with Gasteiger partial charge in [-0.15, -0.1) is 16.9 Å². The van der Waals surface area contributed by atoms with Crippen molar-refractivity contribution < 1.29 is 0 Å². The van der Waals surface area contributed by atoms with Crippen molar-refractivity contribution in [2.24, 2.45) is 0 Å². The Kier molecular flexibility index (Phi) is 9.07. The van der Waals surface area contributed by atoms with E-state index in [-0.39, 0.29) is 0 Å². The number of pyridine rings is 2. The van der Waals surface area contributed by atoms with E-state index in [0.29, 0.717) is 0 Å². The largest absolute Gasteiger partial charge is 0.253 e. The molecule has 0 aliphatic heterocycles. The van der Waals surface area contributed by atoms with Gasteiger partial charge in [-0.1, -0.05) is 64.1 Å². The van der Waals surface area contributed by atoms with Crippen LogP contribution in [-0.2, 0) is 12.8 Å². The fourth-order valence-electron chi connectivity index (χ4n) is 3.35. The molecule has 0 aromatic carbocycles. The van der Waals surface area contributed by atoms with Gasteiger partial charge < -0.3 is 0 Å². The number of unbranched alkanes of at least 4 members (excludes halogenated alkanes) is 2. The molecule has 0 aliphatic rings. The van der Waals surface area contributed by atoms with Crippen LogP contribution in [0.2, 0.25) is 19.6 Å². The molecule has 0 saturated carbocycles. The van der Waals surface area contributed by atoms with E-state index in [1.54, 1.807) is 11.3 Å². The maximum atomic E-state index is 4.60. The topological polar surface area (TPSA) is 25.8 Å². The second-order valence-corrected chi connectivity index (χ2v) is 15.0. The lowest BCUT2D eigenvalue weighted by Crippen LogP contribution is -2.16. The molecule has 0 unspecified atom stereocenters. The SMILES string of the molecule is CCCCc1csc(C#Cc2ccc(-c3ccc(C#C[Si](C)(C)C)cn3)nc2)c1CCCC. The summed E-state index contributed by atoms with van der Waals surface area (Å²) in [7, 11) is -1.39. The van der Waals surface area contributed by atoms with E-state index < -0.39 is 8.07 Å². The first-order valence-corrected chi connectivity index (χ1v) is 16.3. The van der Waals surface area contributed by atoms with Crippen molar-refractivity contribution in [3.8, 4) is 34.7 Å². The average Bonchev–Trinajstić information content (AvgIpc) is 3.20. The molecule has 3 aromatic rings. The Morgan fingerprint density at radius 2 is 1.39 bits per heavy atom. The van der Waals surface area contributed by atoms with Gasteiger partial charge in [0, 0.05) is 23.5 Å². The van der Waals surface area contributed by atoms with E-state index in [0.717, 1.165) is 28.9 Å². The Bertz CT molecular complexity index is 1160. The van der Waals surface area contributed by atoms with E-state index in [2.05, 4.69) is 72.1 Å². The normalized spacial score (nSPS) is 10.8. The minimum absolute atomic E-state index is 0.854. The molecule has 4 heteroatoms. The first-order chi connectivity index (χ1) is 15.9. The van der Waals surface area contributed by atoms with E-state index >= 15 is 0 Å². The summed E-state index contributed by atoms with van der Waals surface area (Å²) in [6.07, 6.45) is 10.9. The summed E-state index contributed by atoms with van der Waals surface area (Å²) in [4.78, 5) is 10.4. The first-order valence-electron chi connectivity index (χ1n) is 12.0. The molecule has 0 saturated heterocycles. The standard InChI is InChI=1S/C29H34N2SSi/c1-6-8-10-25-22-32-29(26(25)11-9-7-2)17-14-23-12-15-27(30-20-23)28-16-13-24(21-31-28)18-19-33(3,4)5/h12-13,15-16,20-22H,6-11H2,1-5H3. The molecule has 3 rings (SSSR count). The second-order valence-electron chi connectivity index (χ2n) is 9.39. The predicted octanol–water partition coefficient (Wildman–Crippen LogP) is 7.52. The highest BCUT2D eigenvalue weighted by atomic mass is 32.1. The number of rotatable bonds is 7. The van der Waals surface area contributed by atoms with Crippen molar-refractivity contribution in [2.45, 2.75) is 72.0 Å². The van der Waals surface area contributed by atoms with Gasteiger partial charge in [0.1, 0.15) is 8.07 Å². The van der Waals surface area contributed by atoms with Gasteiger partial charge in [0.25, 0.3) is 0 Å². The molecule has 0 radical (unpaired) electrons. The third-order valence-electron chi connectivity index (χ3n) is 5.25. The van der Waals surface area contributed by atoms with Crippen LogP contribution in [0.15, 0.2) is 42.0 Å². The fraction of sp³-hybridized carbons (Fsp3) is 0.379. The predicted molar refractivity (Wildman–Crippen MR) is 145 cm³/mol. The first kappa shape index (κ1) is 25.0. The monoisotopic (exact) mass is 470 g/mol. The number of hydrogen-bond acceptors (Lipinski definition) is 3. The zero-order chi connectivity index (χ0) is 23.7. The van der Waals surface area contributed by atoms with Gasteiger partial charge in [0.15, 0.2) is 0 Å². The zero-order valence-corrected chi connectivity index (χ0v) is 22.4. The molecule has 3 heterocycles. The van der Waals surface area contributed by atoms with E-state index in [4.69, 9.17) is 0 Å². The maximum absolute atomic E-state index is 4.60. The second kappa shape index (κ2) is 12.0. The molecule has 0 atom stereocenters. The molecular formula is C29H34N2SSi. The molecule has 3 aromatic heterocycles. The number of aromatic nitrogens is 2. The fourth-order valence-corrected chi connectivity index (χ4v) is 4.88. The Morgan fingerprint density at radius 3 is 1.94 bits per heavy atom. The van der Waals surface area contributed by atoms with E-state index in [9.17, 15) is 0 Å². The smallest absolute Gasteiger partial charge is 0.129 e. The molecule has 0 N–H and O–H groups in total. The van der Waals surface area contributed by atoms with Gasteiger partial charge in [-0.05, 0) is 66.5 Å². The highest BCUT2D eigenvalue weighted by molar-refractivity contribution is 7.10. The van der Waals surface area contributed by atoms with Crippen molar-refractivity contribution in [3.05, 3.63) is 69.2 Å². The summed E-state index contributed by atoms with van der Waals surface area (Å²) < 4.78 is 0. The van der Waals surface area contributed by atoms with Gasteiger partial charge in [-0.25, -0.2) is 0 Å². The Morgan fingerprint density at radius 1 is 0.788 bits per heavy atom. The molecular weight excluding hydrogens is 436 g/mol. The molecule has 0 fully saturated rings. The molecule has 2 nitrogen and oxygen atoms in total. The lowest BCUT2D eigenvalue weighted by Gasteiger charge is -2.04. The van der Waals surface area contributed by atoms with Crippen LogP contribution in [-0.4, -0.2) is 18.0 Å². The van der Waals surface area contributed by atoms with Crippen molar-refractivity contribution in [1.29, 1.82) is 0 Å². The van der Waals surface area contributed by atoms with Crippen LogP contribution in [0.4, 0.5) is 0 Å². The van der Waals surface area contributed by atoms with E-state index in [1.807, 2.05) is 36.7 Å². The van der Waals surface area contributed by atoms with Crippen LogP contribution >= 0.6 is 11.3 Å². The zero-order valence-electron chi connectivity index (χ0n) is 20.6. The number of hydrogen-bond donors (Lipinski definition) is 0. The summed E-state index contributed by atoms with van der Waals surface area (Å²) in [5.74, 6) is 10.0. The van der Waals surface area contributed by atoms with Gasteiger partial charge in [0.05, 0.1) is 16.3 Å². The summed E-state index contributed by atoms with van der Waals surface area (Å²) in [6.45, 7) is 11.2. The van der Waals surface area contributed by atoms with Crippen LogP contribution in [0.5, 0.6) is 0 Å². The molecule has 0 spiro atoms. The maximum Gasteiger partial charge on any atom is 0.129 e. The summed E-state index contributed by atoms with van der Waals surface area (Å²) in [5.41, 5.74) is 9.94. The highest BCUT2D eigenvalue weighted by Gasteiger charge is 2.10. The van der Waals surface area contributed by atoms with Crippen molar-refractivity contribution in [1.82, 2.24) is 9.97 Å². The van der Waals surface area contributed by atoms with Crippen LogP contribution in [0.25, 0.3) is 11.4 Å². The average molecular weight is 471 g/mol. The third kappa shape index (κ3) is 7.71. The molecule has 0 aliphatic carbocycles. The van der Waals surface area contributed by atoms with Crippen molar-refractivity contribution >= 4 is 19.4 Å². The lowest BCUT2D eigenvalue weighted by molar-refractivity contribution is 0.761. The third-order valence-corrected chi connectivity index (χ3v) is 7.11. The van der Waals surface area contributed by atoms with Crippen LogP contribution < -0.4 is 0 Å². The number of thiophene rings is 1. The van der Waals surface area contributed by atoms with Crippen molar-refractivity contribution in [3.63, 3.8) is 0 Å². The Hall–Kier alpha value is -2.66. The van der Waals surface area contributed by atoms with Gasteiger partial charge in [0.2, 0.25) is 0 Å². The molecule has 0 bridgehead atoms. The van der Waals surface area contributed by atoms with Gasteiger partial charge in [-0.2, -0.15) is 0 Å². The Balaban J connectivity index is 1.74. The summed E-state index contributed by atoms with van der Waals surface area (Å²) in [5, 5.41) is 2.31. The van der Waals surface area contributed by atoms with Crippen LogP contribution in [0.3, 0.4) is 0 Å². The van der Waals surface area contributed by atoms with Crippen LogP contribution in [0, 0.1) is 23.3 Å². The van der Waals surface area contributed by atoms with Crippen molar-refractivity contribution in [2.75, 3.05) is 0 Å². The van der Waals surface area contributed by atoms with Gasteiger partial charge >= 0.3 is 0 Å². The summed E-state index contributed by atoms with van der Waals surface area (Å²) in [6, 6.07) is 8.05. The molecule has 170 valence electrons. The lowest BCUT2D eigenvalue weighted by atomic mass is 10.0. The number of aryl methyl sites for hydroxylation is 1. The molecule has 0 amide bonds. The molecule has 33 heavy (non-hydrogen) atoms. The van der Waals surface area contributed by atoms with E-state index in [1.165, 1.54) is 48.1 Å². The quantitative estimate of drug-likeness (QED) is 0.264. The highest BCUT2D eigenvalue weighted by Crippen LogP contribution is 2.26.